The van der Waals surface area contributed by atoms with Crippen LogP contribution >= 0.6 is 0 Å². The molecule has 0 bridgehead atoms. The van der Waals surface area contributed by atoms with Crippen molar-refractivity contribution < 1.29 is 5.11 Å². The molecule has 1 N–H and O–H groups in total. The van der Waals surface area contributed by atoms with E-state index >= 15 is 0 Å². The van der Waals surface area contributed by atoms with Crippen molar-refractivity contribution in [3.05, 3.63) is 11.6 Å². The van der Waals surface area contributed by atoms with Gasteiger partial charge in [0, 0.05) is 0 Å². The van der Waals surface area contributed by atoms with Crippen molar-refractivity contribution in [2.24, 2.45) is 58.2 Å². The first-order valence-electron chi connectivity index (χ1n) is 14.0. The summed E-state index contributed by atoms with van der Waals surface area (Å²) in [6.07, 6.45) is 16.1. The zero-order valence-electron chi connectivity index (χ0n) is 21.8. The average molecular weight is 429 g/mol. The van der Waals surface area contributed by atoms with Gasteiger partial charge in [0.05, 0.1) is 6.10 Å². The summed E-state index contributed by atoms with van der Waals surface area (Å²) in [5, 5.41) is 10.5. The lowest BCUT2D eigenvalue weighted by Gasteiger charge is -2.59. The van der Waals surface area contributed by atoms with E-state index in [0.29, 0.717) is 22.7 Å². The van der Waals surface area contributed by atoms with E-state index in [1.54, 1.807) is 0 Å². The van der Waals surface area contributed by atoms with E-state index in [1.807, 2.05) is 5.57 Å². The first kappa shape index (κ1) is 23.8. The lowest BCUT2D eigenvalue weighted by molar-refractivity contribution is -0.0774. The standard InChI is InChI=1S/C30H52O/c1-8-22(19(2)3)10-9-20(4)24-13-14-26-23-11-12-25-21(5)28(31)16-18-30(25,7)27(23)15-17-29(24,26)6/h11,19-22,24-28,31H,8-10,12-18H2,1-7H3/t20-,21+,22-,24-,25+,26?,27?,28+,29-,30+/m1/s1. The predicted octanol–water partition coefficient (Wildman–Crippen LogP) is 8.27. The molecular formula is C30H52O. The molecule has 0 saturated heterocycles. The van der Waals surface area contributed by atoms with Crippen LogP contribution in [-0.2, 0) is 0 Å². The normalized spacial score (nSPS) is 46.7. The molecule has 1 nitrogen and oxygen atoms in total. The smallest absolute Gasteiger partial charge is 0.0568 e. The molecule has 0 amide bonds. The van der Waals surface area contributed by atoms with Crippen LogP contribution < -0.4 is 0 Å². The Bertz CT molecular complexity index is 663. The maximum atomic E-state index is 10.5. The second-order valence-electron chi connectivity index (χ2n) is 13.3. The van der Waals surface area contributed by atoms with E-state index in [-0.39, 0.29) is 6.10 Å². The minimum Gasteiger partial charge on any atom is -0.393 e. The van der Waals surface area contributed by atoms with E-state index < -0.39 is 0 Å². The van der Waals surface area contributed by atoms with Gasteiger partial charge >= 0.3 is 0 Å². The summed E-state index contributed by atoms with van der Waals surface area (Å²) in [7, 11) is 0. The van der Waals surface area contributed by atoms with Crippen LogP contribution in [0.25, 0.3) is 0 Å². The van der Waals surface area contributed by atoms with Crippen LogP contribution in [0.15, 0.2) is 11.6 Å². The molecule has 178 valence electrons. The highest BCUT2D eigenvalue weighted by Gasteiger charge is 2.59. The zero-order valence-corrected chi connectivity index (χ0v) is 21.8. The largest absolute Gasteiger partial charge is 0.393 e. The van der Waals surface area contributed by atoms with Gasteiger partial charge in [-0.25, -0.2) is 0 Å². The van der Waals surface area contributed by atoms with E-state index in [4.69, 9.17) is 0 Å². The van der Waals surface area contributed by atoms with Crippen LogP contribution in [-0.4, -0.2) is 11.2 Å². The fourth-order valence-corrected chi connectivity index (χ4v) is 9.61. The molecule has 0 heterocycles. The number of aliphatic hydroxyl groups excluding tert-OH is 1. The van der Waals surface area contributed by atoms with Crippen molar-refractivity contribution in [1.82, 2.24) is 0 Å². The Morgan fingerprint density at radius 2 is 1.65 bits per heavy atom. The third kappa shape index (κ3) is 3.87. The Kier molecular flexibility index (Phi) is 6.78. The molecule has 31 heavy (non-hydrogen) atoms. The molecule has 0 aromatic heterocycles. The number of rotatable bonds is 6. The van der Waals surface area contributed by atoms with E-state index in [1.165, 1.54) is 57.8 Å². The van der Waals surface area contributed by atoms with Crippen molar-refractivity contribution in [1.29, 1.82) is 0 Å². The molecule has 0 spiro atoms. The van der Waals surface area contributed by atoms with Gasteiger partial charge in [0.25, 0.3) is 0 Å². The topological polar surface area (TPSA) is 20.2 Å². The zero-order chi connectivity index (χ0) is 22.6. The molecule has 0 aliphatic heterocycles. The van der Waals surface area contributed by atoms with Crippen LogP contribution in [0.2, 0.25) is 0 Å². The Hall–Kier alpha value is -0.300. The summed E-state index contributed by atoms with van der Waals surface area (Å²) < 4.78 is 0. The summed E-state index contributed by atoms with van der Waals surface area (Å²) >= 11 is 0. The molecule has 4 aliphatic rings. The molecule has 4 aliphatic carbocycles. The Balaban J connectivity index is 1.50. The van der Waals surface area contributed by atoms with Crippen molar-refractivity contribution in [2.45, 2.75) is 119 Å². The fraction of sp³-hybridized carbons (Fsp3) is 0.933. The monoisotopic (exact) mass is 428 g/mol. The predicted molar refractivity (Wildman–Crippen MR) is 133 cm³/mol. The molecule has 0 aromatic carbocycles. The number of hydrogen-bond donors (Lipinski definition) is 1. The maximum absolute atomic E-state index is 10.5. The van der Waals surface area contributed by atoms with Crippen molar-refractivity contribution in [3.63, 3.8) is 0 Å². The number of aliphatic hydroxyl groups is 1. The van der Waals surface area contributed by atoms with Gasteiger partial charge in [-0.1, -0.05) is 73.0 Å². The minimum atomic E-state index is -0.0728. The quantitative estimate of drug-likeness (QED) is 0.422. The first-order valence-corrected chi connectivity index (χ1v) is 14.0. The van der Waals surface area contributed by atoms with Crippen LogP contribution in [0.1, 0.15) is 113 Å². The molecule has 2 unspecified atom stereocenters. The SMILES string of the molecule is CC[C@H](CC[C@@H](C)[C@H]1CCC2C3=CC[C@H]4[C@H](C)[C@@H](O)CC[C@]4(C)C3CC[C@@]21C)C(C)C. The highest BCUT2D eigenvalue weighted by atomic mass is 16.3. The van der Waals surface area contributed by atoms with E-state index in [0.717, 1.165) is 41.9 Å². The summed E-state index contributed by atoms with van der Waals surface area (Å²) in [6.45, 7) is 17.4. The molecule has 0 aromatic rings. The summed E-state index contributed by atoms with van der Waals surface area (Å²) in [5.41, 5.74) is 2.84. The number of fused-ring (bicyclic) bond motifs is 5. The lowest BCUT2D eigenvalue weighted by atomic mass is 9.46. The molecule has 3 fully saturated rings. The van der Waals surface area contributed by atoms with Gasteiger partial charge < -0.3 is 5.11 Å². The van der Waals surface area contributed by atoms with Crippen molar-refractivity contribution >= 4 is 0 Å². The van der Waals surface area contributed by atoms with Gasteiger partial charge in [0.1, 0.15) is 0 Å². The van der Waals surface area contributed by atoms with Gasteiger partial charge in [-0.3, -0.25) is 0 Å². The highest BCUT2D eigenvalue weighted by molar-refractivity contribution is 5.28. The van der Waals surface area contributed by atoms with Crippen molar-refractivity contribution in [2.75, 3.05) is 0 Å². The number of hydrogen-bond acceptors (Lipinski definition) is 1. The first-order chi connectivity index (χ1) is 14.6. The molecule has 1 heteroatoms. The van der Waals surface area contributed by atoms with Gasteiger partial charge in [-0.15, -0.1) is 0 Å². The Morgan fingerprint density at radius 1 is 0.968 bits per heavy atom. The maximum Gasteiger partial charge on any atom is 0.0568 e. The van der Waals surface area contributed by atoms with E-state index in [9.17, 15) is 5.11 Å². The second kappa shape index (κ2) is 8.81. The Morgan fingerprint density at radius 3 is 2.32 bits per heavy atom. The average Bonchev–Trinajstić information content (AvgIpc) is 3.08. The van der Waals surface area contributed by atoms with Crippen LogP contribution in [0.3, 0.4) is 0 Å². The minimum absolute atomic E-state index is 0.0728. The summed E-state index contributed by atoms with van der Waals surface area (Å²) in [6, 6.07) is 0. The third-order valence-electron chi connectivity index (χ3n) is 11.8. The Labute approximate surface area is 193 Å². The molecule has 4 rings (SSSR count). The van der Waals surface area contributed by atoms with Crippen LogP contribution in [0.5, 0.6) is 0 Å². The van der Waals surface area contributed by atoms with Crippen LogP contribution in [0, 0.1) is 58.2 Å². The second-order valence-corrected chi connectivity index (χ2v) is 13.3. The lowest BCUT2D eigenvalue weighted by Crippen LogP contribution is -2.52. The number of allylic oxidation sites excluding steroid dienone is 2. The van der Waals surface area contributed by atoms with Gasteiger partial charge in [0.2, 0.25) is 0 Å². The third-order valence-corrected chi connectivity index (χ3v) is 11.8. The van der Waals surface area contributed by atoms with Crippen LogP contribution in [0.4, 0.5) is 0 Å². The van der Waals surface area contributed by atoms with Gasteiger partial charge in [-0.05, 0) is 110 Å². The molecule has 10 atom stereocenters. The van der Waals surface area contributed by atoms with Gasteiger partial charge in [-0.2, -0.15) is 0 Å². The summed E-state index contributed by atoms with van der Waals surface area (Å²) in [4.78, 5) is 0. The summed E-state index contributed by atoms with van der Waals surface area (Å²) in [5.74, 6) is 6.31. The van der Waals surface area contributed by atoms with Crippen molar-refractivity contribution in [3.8, 4) is 0 Å². The van der Waals surface area contributed by atoms with Gasteiger partial charge in [0.15, 0.2) is 0 Å². The molecule has 0 radical (unpaired) electrons. The fourth-order valence-electron chi connectivity index (χ4n) is 9.61. The highest BCUT2D eigenvalue weighted by Crippen LogP contribution is 2.67. The molecular weight excluding hydrogens is 376 g/mol. The molecule has 3 saturated carbocycles. The van der Waals surface area contributed by atoms with E-state index in [2.05, 4.69) is 54.5 Å².